The molecule has 0 aromatic carbocycles. The van der Waals surface area contributed by atoms with Crippen molar-refractivity contribution in [3.63, 3.8) is 0 Å². The topological polar surface area (TPSA) is 75.7 Å². The second kappa shape index (κ2) is 5.87. The number of amides is 2. The molecule has 6 nitrogen and oxygen atoms in total. The lowest BCUT2D eigenvalue weighted by atomic mass is 9.82. The van der Waals surface area contributed by atoms with Gasteiger partial charge in [0.2, 0.25) is 5.91 Å². The second-order valence-electron chi connectivity index (χ2n) is 5.65. The summed E-state index contributed by atoms with van der Waals surface area (Å²) in [5.74, 6) is -0.642. The highest BCUT2D eigenvalue weighted by molar-refractivity contribution is 6.07. The van der Waals surface area contributed by atoms with Gasteiger partial charge in [0, 0.05) is 45.0 Å². The summed E-state index contributed by atoms with van der Waals surface area (Å²) in [5.41, 5.74) is -0.0191. The number of hydrogen-bond acceptors (Lipinski definition) is 4. The molecule has 116 valence electrons. The van der Waals surface area contributed by atoms with Gasteiger partial charge in [0.15, 0.2) is 0 Å². The van der Waals surface area contributed by atoms with Crippen LogP contribution in [-0.4, -0.2) is 47.9 Å². The number of nitrogens with zero attached hydrogens (tertiary/aromatic N) is 1. The van der Waals surface area contributed by atoms with E-state index in [-0.39, 0.29) is 11.8 Å². The summed E-state index contributed by atoms with van der Waals surface area (Å²) in [4.78, 5) is 37.4. The minimum Gasteiger partial charge on any atom is -0.450 e. The van der Waals surface area contributed by atoms with E-state index in [0.29, 0.717) is 43.6 Å². The monoisotopic (exact) mass is 294 g/mol. The molecule has 0 aliphatic carbocycles. The molecule has 0 aromatic rings. The summed E-state index contributed by atoms with van der Waals surface area (Å²) in [6.07, 6.45) is 1.78. The minimum atomic E-state index is -0.856. The van der Waals surface area contributed by atoms with Gasteiger partial charge in [0.05, 0.1) is 5.57 Å². The molecule has 2 heterocycles. The molecule has 21 heavy (non-hydrogen) atoms. The first-order valence-corrected chi connectivity index (χ1v) is 7.39. The quantitative estimate of drug-likeness (QED) is 0.780. The maximum absolute atomic E-state index is 12.4. The van der Waals surface area contributed by atoms with Crippen molar-refractivity contribution < 1.29 is 19.1 Å². The summed E-state index contributed by atoms with van der Waals surface area (Å²) in [5, 5.41) is 2.82. The molecule has 0 atom stereocenters. The molecule has 0 unspecified atom stereocenters. The van der Waals surface area contributed by atoms with Crippen molar-refractivity contribution in [1.29, 1.82) is 0 Å². The van der Waals surface area contributed by atoms with Gasteiger partial charge >= 0.3 is 5.97 Å². The largest absolute Gasteiger partial charge is 0.450 e. The Morgan fingerprint density at radius 1 is 1.33 bits per heavy atom. The van der Waals surface area contributed by atoms with E-state index in [1.54, 1.807) is 11.8 Å². The van der Waals surface area contributed by atoms with E-state index in [0.717, 1.165) is 6.42 Å². The maximum Gasteiger partial charge on any atom is 0.335 e. The lowest BCUT2D eigenvalue weighted by Crippen LogP contribution is -2.49. The summed E-state index contributed by atoms with van der Waals surface area (Å²) < 4.78 is 5.53. The molecule has 2 amide bonds. The van der Waals surface area contributed by atoms with E-state index in [4.69, 9.17) is 4.74 Å². The highest BCUT2D eigenvalue weighted by atomic mass is 16.6. The lowest BCUT2D eigenvalue weighted by Gasteiger charge is -2.39. The molecule has 1 spiro atoms. The average molecular weight is 294 g/mol. The molecule has 1 N–H and O–H groups in total. The van der Waals surface area contributed by atoms with Crippen molar-refractivity contribution in [2.45, 2.75) is 45.6 Å². The summed E-state index contributed by atoms with van der Waals surface area (Å²) in [7, 11) is 0. The van der Waals surface area contributed by atoms with Gasteiger partial charge < -0.3 is 15.0 Å². The molecule has 1 fully saturated rings. The fraction of sp³-hybridized carbons (Fsp3) is 0.667. The van der Waals surface area contributed by atoms with E-state index >= 15 is 0 Å². The van der Waals surface area contributed by atoms with Gasteiger partial charge in [-0.2, -0.15) is 0 Å². The van der Waals surface area contributed by atoms with Gasteiger partial charge in [-0.25, -0.2) is 4.79 Å². The maximum atomic E-state index is 12.4. The van der Waals surface area contributed by atoms with Crippen LogP contribution in [0.2, 0.25) is 0 Å². The van der Waals surface area contributed by atoms with Crippen LogP contribution in [0, 0.1) is 0 Å². The third-order valence-corrected chi connectivity index (χ3v) is 4.20. The third-order valence-electron chi connectivity index (χ3n) is 4.20. The number of likely N-dealkylation sites (tertiary alicyclic amines) is 1. The van der Waals surface area contributed by atoms with Gasteiger partial charge in [0.25, 0.3) is 5.91 Å². The van der Waals surface area contributed by atoms with Crippen LogP contribution < -0.4 is 5.32 Å². The van der Waals surface area contributed by atoms with Crippen molar-refractivity contribution in [3.8, 4) is 0 Å². The number of carbonyl (C=O) groups is 3. The molecule has 6 heteroatoms. The first-order chi connectivity index (χ1) is 9.91. The predicted octanol–water partition coefficient (Wildman–Crippen LogP) is 0.767. The summed E-state index contributed by atoms with van der Waals surface area (Å²) >= 11 is 0. The van der Waals surface area contributed by atoms with Crippen LogP contribution in [0.25, 0.3) is 0 Å². The van der Waals surface area contributed by atoms with Crippen molar-refractivity contribution >= 4 is 17.8 Å². The smallest absolute Gasteiger partial charge is 0.335 e. The second-order valence-corrected chi connectivity index (χ2v) is 5.65. The summed E-state index contributed by atoms with van der Waals surface area (Å²) in [6.45, 7) is 6.70. The highest BCUT2D eigenvalue weighted by Crippen LogP contribution is 2.41. The van der Waals surface area contributed by atoms with Crippen molar-refractivity contribution in [1.82, 2.24) is 10.2 Å². The van der Waals surface area contributed by atoms with Crippen LogP contribution in [0.15, 0.2) is 11.1 Å². The number of hydrogen-bond donors (Lipinski definition) is 1. The predicted molar refractivity (Wildman–Crippen MR) is 76.3 cm³/mol. The Hall–Kier alpha value is -1.85. The van der Waals surface area contributed by atoms with E-state index in [1.165, 1.54) is 6.92 Å². The minimum absolute atomic E-state index is 0.00635. The zero-order chi connectivity index (χ0) is 15.6. The zero-order valence-electron chi connectivity index (χ0n) is 12.8. The third kappa shape index (κ3) is 2.80. The van der Waals surface area contributed by atoms with Gasteiger partial charge in [0.1, 0.15) is 5.60 Å². The van der Waals surface area contributed by atoms with Crippen molar-refractivity contribution in [3.05, 3.63) is 11.1 Å². The number of carbonyl (C=O) groups excluding carboxylic acids is 3. The van der Waals surface area contributed by atoms with Crippen LogP contribution >= 0.6 is 0 Å². The number of rotatable bonds is 3. The molecule has 0 saturated carbocycles. The van der Waals surface area contributed by atoms with Crippen LogP contribution in [0.3, 0.4) is 0 Å². The molecular formula is C15H22N2O4. The molecule has 0 aromatic heterocycles. The van der Waals surface area contributed by atoms with Crippen LogP contribution in [0.1, 0.15) is 40.0 Å². The molecule has 0 radical (unpaired) electrons. The molecule has 0 bridgehead atoms. The Morgan fingerprint density at radius 3 is 2.48 bits per heavy atom. The molecule has 2 rings (SSSR count). The Balaban J connectivity index is 2.21. The first-order valence-electron chi connectivity index (χ1n) is 7.39. The molecule has 2 aliphatic rings. The fourth-order valence-corrected chi connectivity index (χ4v) is 2.99. The Morgan fingerprint density at radius 2 is 1.95 bits per heavy atom. The Labute approximate surface area is 124 Å². The van der Waals surface area contributed by atoms with Crippen LogP contribution in [0.5, 0.6) is 0 Å². The van der Waals surface area contributed by atoms with Crippen LogP contribution in [0.4, 0.5) is 0 Å². The first kappa shape index (κ1) is 15.5. The van der Waals surface area contributed by atoms with E-state index in [9.17, 15) is 14.4 Å². The SMILES string of the molecule is CCCNC(=O)C1=C(C)C(=O)OC12CCN(C(C)=O)CC2. The highest BCUT2D eigenvalue weighted by Gasteiger charge is 2.50. The lowest BCUT2D eigenvalue weighted by molar-refractivity contribution is -0.152. The van der Waals surface area contributed by atoms with Gasteiger partial charge in [-0.15, -0.1) is 0 Å². The van der Waals surface area contributed by atoms with Crippen molar-refractivity contribution in [2.24, 2.45) is 0 Å². The number of ether oxygens (including phenoxy) is 1. The Bertz CT molecular complexity index is 502. The number of nitrogens with one attached hydrogen (secondary N) is 1. The zero-order valence-corrected chi connectivity index (χ0v) is 12.8. The van der Waals surface area contributed by atoms with Crippen molar-refractivity contribution in [2.75, 3.05) is 19.6 Å². The van der Waals surface area contributed by atoms with Gasteiger partial charge in [-0.05, 0) is 13.3 Å². The molecular weight excluding hydrogens is 272 g/mol. The average Bonchev–Trinajstić information content (AvgIpc) is 2.68. The molecule has 1 saturated heterocycles. The van der Waals surface area contributed by atoms with Crippen LogP contribution in [-0.2, 0) is 19.1 Å². The fourth-order valence-electron chi connectivity index (χ4n) is 2.99. The normalized spacial score (nSPS) is 20.7. The Kier molecular flexibility index (Phi) is 4.34. The number of piperidine rings is 1. The summed E-state index contributed by atoms with van der Waals surface area (Å²) in [6, 6.07) is 0. The van der Waals surface area contributed by atoms with Gasteiger partial charge in [-0.3, -0.25) is 9.59 Å². The van der Waals surface area contributed by atoms with E-state index in [1.807, 2.05) is 6.92 Å². The standard InChI is InChI=1S/C15H22N2O4/c1-4-7-16-13(19)12-10(2)14(20)21-15(12)5-8-17(9-6-15)11(3)18/h4-9H2,1-3H3,(H,16,19). The molecule has 2 aliphatic heterocycles. The number of esters is 1. The van der Waals surface area contributed by atoms with Gasteiger partial charge in [-0.1, -0.05) is 6.92 Å². The van der Waals surface area contributed by atoms with E-state index in [2.05, 4.69) is 5.32 Å². The van der Waals surface area contributed by atoms with E-state index < -0.39 is 11.6 Å².